The van der Waals surface area contributed by atoms with Crippen molar-refractivity contribution in [1.29, 1.82) is 0 Å². The second kappa shape index (κ2) is 12.2. The van der Waals surface area contributed by atoms with Crippen molar-refractivity contribution in [3.05, 3.63) is 0 Å². The van der Waals surface area contributed by atoms with Crippen LogP contribution in [-0.2, 0) is 14.2 Å². The molecule has 0 rings (SSSR count). The zero-order valence-corrected chi connectivity index (χ0v) is 11.4. The van der Waals surface area contributed by atoms with Gasteiger partial charge in [-0.25, -0.2) is 0 Å². The second-order valence-electron chi connectivity index (χ2n) is 3.84. The van der Waals surface area contributed by atoms with E-state index in [1.54, 1.807) is 0 Å². The Morgan fingerprint density at radius 2 is 1.06 bits per heavy atom. The largest absolute Gasteiger partial charge is 0.351 e. The molecule has 0 heterocycles. The van der Waals surface area contributed by atoms with Gasteiger partial charge in [0.05, 0.1) is 13.5 Å². The molecule has 0 radical (unpaired) electrons. The van der Waals surface area contributed by atoms with Crippen LogP contribution in [0.15, 0.2) is 0 Å². The highest BCUT2D eigenvalue weighted by Crippen LogP contribution is 1.88. The maximum absolute atomic E-state index is 5.47. The molecule has 7 heteroatoms. The van der Waals surface area contributed by atoms with Crippen LogP contribution >= 0.6 is 0 Å². The summed E-state index contributed by atoms with van der Waals surface area (Å²) in [6.45, 7) is 3.23. The highest BCUT2D eigenvalue weighted by atomic mass is 16.5. The van der Waals surface area contributed by atoms with Gasteiger partial charge in [0.15, 0.2) is 0 Å². The van der Waals surface area contributed by atoms with Crippen molar-refractivity contribution < 1.29 is 14.2 Å². The van der Waals surface area contributed by atoms with Crippen molar-refractivity contribution >= 4 is 0 Å². The Morgan fingerprint density at radius 1 is 0.706 bits per heavy atom. The molecule has 0 amide bonds. The van der Waals surface area contributed by atoms with Gasteiger partial charge in [-0.05, 0) is 28.2 Å². The van der Waals surface area contributed by atoms with Crippen LogP contribution in [0.25, 0.3) is 0 Å². The Bertz CT molecular complexity index is 146. The number of hydrogen-bond acceptors (Lipinski definition) is 7. The molecule has 0 aliphatic carbocycles. The lowest BCUT2D eigenvalue weighted by molar-refractivity contribution is -0.0816. The summed E-state index contributed by atoms with van der Waals surface area (Å²) in [5, 5.41) is 5.81. The molecule has 0 aromatic heterocycles. The molecule has 104 valence electrons. The second-order valence-corrected chi connectivity index (χ2v) is 3.84. The molecule has 0 atom stereocenters. The van der Waals surface area contributed by atoms with Crippen molar-refractivity contribution in [2.45, 2.75) is 0 Å². The van der Waals surface area contributed by atoms with Crippen LogP contribution in [0.2, 0.25) is 0 Å². The minimum Gasteiger partial charge on any atom is -0.351 e. The summed E-state index contributed by atoms with van der Waals surface area (Å²) in [4.78, 5) is 3.89. The lowest BCUT2D eigenvalue weighted by Gasteiger charge is -2.20. The molecule has 17 heavy (non-hydrogen) atoms. The summed E-state index contributed by atoms with van der Waals surface area (Å²) < 4.78 is 16.0. The van der Waals surface area contributed by atoms with E-state index in [1.165, 1.54) is 0 Å². The minimum atomic E-state index is 0.528. The maximum atomic E-state index is 5.47. The van der Waals surface area contributed by atoms with Crippen LogP contribution in [-0.4, -0.2) is 78.4 Å². The van der Waals surface area contributed by atoms with Gasteiger partial charge in [-0.2, -0.15) is 0 Å². The van der Waals surface area contributed by atoms with Gasteiger partial charge < -0.3 is 14.2 Å². The Kier molecular flexibility index (Phi) is 12.0. The van der Waals surface area contributed by atoms with E-state index in [0.717, 1.165) is 0 Å². The van der Waals surface area contributed by atoms with Crippen molar-refractivity contribution in [2.75, 3.05) is 68.6 Å². The summed E-state index contributed by atoms with van der Waals surface area (Å²) in [5.41, 5.74) is 0. The Balaban J connectivity index is 3.29. The minimum absolute atomic E-state index is 0.528. The monoisotopic (exact) mass is 250 g/mol. The normalized spacial score (nSPS) is 11.6. The quantitative estimate of drug-likeness (QED) is 0.343. The van der Waals surface area contributed by atoms with E-state index in [1.807, 2.05) is 38.0 Å². The number of hydrogen-bond donors (Lipinski definition) is 2. The fraction of sp³-hybridized carbons (Fsp3) is 1.00. The third kappa shape index (κ3) is 12.0. The topological polar surface area (TPSA) is 58.2 Å². The standard InChI is InChI=1S/C10H26N4O3/c1-11-5-15-7-13(3)9-17-10-14(4)8-16-6-12-2/h11-12H,5-10H2,1-4H3. The molecule has 0 aliphatic rings. The fourth-order valence-electron chi connectivity index (χ4n) is 1.03. The zero-order chi connectivity index (χ0) is 12.9. The third-order valence-electron chi connectivity index (χ3n) is 1.74. The number of rotatable bonds is 12. The first-order valence-corrected chi connectivity index (χ1v) is 5.60. The van der Waals surface area contributed by atoms with Gasteiger partial charge in [0.2, 0.25) is 0 Å². The first-order valence-electron chi connectivity index (χ1n) is 5.60. The highest BCUT2D eigenvalue weighted by molar-refractivity contribution is 4.36. The molecular formula is C10H26N4O3. The van der Waals surface area contributed by atoms with Crippen molar-refractivity contribution in [2.24, 2.45) is 0 Å². The lowest BCUT2D eigenvalue weighted by atomic mass is 10.8. The highest BCUT2D eigenvalue weighted by Gasteiger charge is 2.00. The van der Waals surface area contributed by atoms with E-state index in [4.69, 9.17) is 14.2 Å². The predicted molar refractivity (Wildman–Crippen MR) is 66.1 cm³/mol. The van der Waals surface area contributed by atoms with E-state index < -0.39 is 0 Å². The molecule has 0 bridgehead atoms. The average Bonchev–Trinajstić information content (AvgIpc) is 2.30. The molecular weight excluding hydrogens is 224 g/mol. The van der Waals surface area contributed by atoms with Crippen LogP contribution in [0.4, 0.5) is 0 Å². The van der Waals surface area contributed by atoms with Crippen LogP contribution in [0, 0.1) is 0 Å². The van der Waals surface area contributed by atoms with Crippen LogP contribution in [0.5, 0.6) is 0 Å². The molecule has 0 unspecified atom stereocenters. The van der Waals surface area contributed by atoms with Gasteiger partial charge in [0, 0.05) is 0 Å². The summed E-state index contributed by atoms with van der Waals surface area (Å²) >= 11 is 0. The third-order valence-corrected chi connectivity index (χ3v) is 1.74. The van der Waals surface area contributed by atoms with Crippen molar-refractivity contribution in [3.63, 3.8) is 0 Å². The first kappa shape index (κ1) is 16.7. The lowest BCUT2D eigenvalue weighted by Crippen LogP contribution is -2.31. The van der Waals surface area contributed by atoms with Crippen LogP contribution in [0.3, 0.4) is 0 Å². The Hall–Kier alpha value is -0.280. The van der Waals surface area contributed by atoms with E-state index in [2.05, 4.69) is 10.6 Å². The summed E-state index contributed by atoms with van der Waals surface area (Å²) in [5.74, 6) is 0. The predicted octanol–water partition coefficient (Wildman–Crippen LogP) is -0.916. The first-order chi connectivity index (χ1) is 8.20. The van der Waals surface area contributed by atoms with E-state index in [9.17, 15) is 0 Å². The number of nitrogens with one attached hydrogen (secondary N) is 2. The molecule has 0 aliphatic heterocycles. The maximum Gasteiger partial charge on any atom is 0.102 e. The smallest absolute Gasteiger partial charge is 0.102 e. The van der Waals surface area contributed by atoms with Crippen molar-refractivity contribution in [3.8, 4) is 0 Å². The molecule has 0 fully saturated rings. The molecule has 0 saturated heterocycles. The fourth-order valence-corrected chi connectivity index (χ4v) is 1.03. The van der Waals surface area contributed by atoms with Gasteiger partial charge >= 0.3 is 0 Å². The SMILES string of the molecule is CNCOCN(C)COCN(C)COCNC. The Labute approximate surface area is 104 Å². The molecule has 0 aromatic rings. The number of nitrogens with zero attached hydrogens (tertiary/aromatic N) is 2. The van der Waals surface area contributed by atoms with Gasteiger partial charge in [0.25, 0.3) is 0 Å². The van der Waals surface area contributed by atoms with E-state index in [-0.39, 0.29) is 0 Å². The summed E-state index contributed by atoms with van der Waals surface area (Å²) in [6, 6.07) is 0. The molecule has 0 saturated carbocycles. The Morgan fingerprint density at radius 3 is 1.41 bits per heavy atom. The van der Waals surface area contributed by atoms with Crippen molar-refractivity contribution in [1.82, 2.24) is 20.4 Å². The molecule has 0 aromatic carbocycles. The zero-order valence-electron chi connectivity index (χ0n) is 11.4. The summed E-state index contributed by atoms with van der Waals surface area (Å²) in [7, 11) is 7.56. The van der Waals surface area contributed by atoms with Gasteiger partial charge in [-0.3, -0.25) is 20.4 Å². The van der Waals surface area contributed by atoms with Gasteiger partial charge in [-0.1, -0.05) is 0 Å². The van der Waals surface area contributed by atoms with Gasteiger partial charge in [-0.15, -0.1) is 0 Å². The molecule has 2 N–H and O–H groups in total. The summed E-state index contributed by atoms with van der Waals surface area (Å²) in [6.07, 6.45) is 0. The van der Waals surface area contributed by atoms with Crippen LogP contribution in [0.1, 0.15) is 0 Å². The van der Waals surface area contributed by atoms with Crippen LogP contribution < -0.4 is 10.6 Å². The molecule has 7 nitrogen and oxygen atoms in total. The van der Waals surface area contributed by atoms with E-state index >= 15 is 0 Å². The average molecular weight is 250 g/mol. The van der Waals surface area contributed by atoms with Gasteiger partial charge in [0.1, 0.15) is 26.9 Å². The molecule has 0 spiro atoms. The van der Waals surface area contributed by atoms with E-state index in [0.29, 0.717) is 40.4 Å². The number of ether oxygens (including phenoxy) is 3.